The second-order valence-electron chi connectivity index (χ2n) is 2.32. The second kappa shape index (κ2) is 7.23. The number of rotatable bonds is 6. The molecule has 0 saturated carbocycles. The van der Waals surface area contributed by atoms with Gasteiger partial charge >= 0.3 is 103 Å². The maximum atomic E-state index is 11.5. The Hall–Kier alpha value is 0.732. The van der Waals surface area contributed by atoms with Crippen LogP contribution in [0.1, 0.15) is 0 Å². The van der Waals surface area contributed by atoms with Crippen LogP contribution in [0, 0.1) is 0 Å². The van der Waals surface area contributed by atoms with E-state index in [1.807, 2.05) is 0 Å². The van der Waals surface area contributed by atoms with Crippen LogP contribution in [0.5, 0.6) is 0 Å². The molecule has 0 rings (SSSR count). The van der Waals surface area contributed by atoms with Crippen molar-refractivity contribution in [3.8, 4) is 0 Å². The SMILES string of the molecule is CB([O][Zn][O]C(F)(F)F)[O][Zn][O]C(F)(F)F. The van der Waals surface area contributed by atoms with Gasteiger partial charge in [-0.3, -0.25) is 0 Å². The first-order valence-electron chi connectivity index (χ1n) is 3.75. The van der Waals surface area contributed by atoms with Crippen molar-refractivity contribution in [3.05, 3.63) is 0 Å². The minimum atomic E-state index is -4.77. The zero-order chi connectivity index (χ0) is 12.8. The van der Waals surface area contributed by atoms with E-state index in [1.54, 1.807) is 0 Å². The fourth-order valence-electron chi connectivity index (χ4n) is 0.441. The Morgan fingerprint density at radius 2 is 1.12 bits per heavy atom. The van der Waals surface area contributed by atoms with Crippen LogP contribution in [0.4, 0.5) is 26.3 Å². The van der Waals surface area contributed by atoms with E-state index in [2.05, 4.69) is 14.1 Å². The van der Waals surface area contributed by atoms with Crippen molar-refractivity contribution in [1.29, 1.82) is 0 Å². The summed E-state index contributed by atoms with van der Waals surface area (Å²) in [5.41, 5.74) is 0. The summed E-state index contributed by atoms with van der Waals surface area (Å²) in [6, 6.07) is 0. The zero-order valence-electron chi connectivity index (χ0n) is 7.89. The standard InChI is InChI=1S/CH3BO2.2CF3O.2Zn/c1-2(3)4;2*2-1(3,4)5;;/h1H3;;;;/q-2;2*-1;2*+2. The molecule has 0 bridgehead atoms. The molecule has 0 aliphatic carbocycles. The molecule has 0 aliphatic rings. The Labute approximate surface area is 103 Å². The fraction of sp³-hybridized carbons (Fsp3) is 1.00. The van der Waals surface area contributed by atoms with E-state index in [4.69, 9.17) is 0 Å². The summed E-state index contributed by atoms with van der Waals surface area (Å²) < 4.78 is 84.4. The van der Waals surface area contributed by atoms with E-state index in [0.29, 0.717) is 0 Å². The molecule has 16 heavy (non-hydrogen) atoms. The van der Waals surface area contributed by atoms with Crippen molar-refractivity contribution in [1.82, 2.24) is 0 Å². The Kier molecular flexibility index (Phi) is 7.56. The van der Waals surface area contributed by atoms with Gasteiger partial charge in [-0.25, -0.2) is 0 Å². The van der Waals surface area contributed by atoms with E-state index in [0.717, 1.165) is 0 Å². The molecular formula is C3H3BF6O4Zn2. The summed E-state index contributed by atoms with van der Waals surface area (Å²) in [4.78, 5) is 0. The van der Waals surface area contributed by atoms with Gasteiger partial charge in [-0.15, -0.1) is 0 Å². The van der Waals surface area contributed by atoms with Crippen molar-refractivity contribution in [2.24, 2.45) is 0 Å². The molecule has 0 N–H and O–H groups in total. The molecule has 0 heterocycles. The molecule has 88 valence electrons. The fourth-order valence-corrected chi connectivity index (χ4v) is 3.34. The topological polar surface area (TPSA) is 36.9 Å². The van der Waals surface area contributed by atoms with Crippen LogP contribution in [0.2, 0.25) is 6.82 Å². The first-order chi connectivity index (χ1) is 7.10. The molecule has 0 spiro atoms. The van der Waals surface area contributed by atoms with Crippen LogP contribution in [-0.2, 0) is 49.8 Å². The zero-order valence-corrected chi connectivity index (χ0v) is 13.8. The molecule has 0 radical (unpaired) electrons. The van der Waals surface area contributed by atoms with Gasteiger partial charge in [-0.1, -0.05) is 0 Å². The molecular weight excluding hydrogens is 356 g/mol. The maximum absolute atomic E-state index is 11.5. The number of alkyl halides is 6. The molecule has 0 fully saturated rings. The summed E-state index contributed by atoms with van der Waals surface area (Å²) in [7, 11) is -1.16. The van der Waals surface area contributed by atoms with Crippen molar-refractivity contribution in [2.75, 3.05) is 0 Å². The Morgan fingerprint density at radius 1 is 0.812 bits per heavy atom. The van der Waals surface area contributed by atoms with E-state index in [1.165, 1.54) is 6.82 Å². The van der Waals surface area contributed by atoms with Crippen molar-refractivity contribution in [3.63, 3.8) is 0 Å². The predicted octanol–water partition coefficient (Wildman–Crippen LogP) is 2.04. The van der Waals surface area contributed by atoms with Gasteiger partial charge < -0.3 is 0 Å². The molecule has 13 heteroatoms. The Bertz CT molecular complexity index is 179. The third-order valence-corrected chi connectivity index (χ3v) is 5.46. The second-order valence-corrected chi connectivity index (χ2v) is 5.92. The molecule has 4 nitrogen and oxygen atoms in total. The third kappa shape index (κ3) is 12.8. The average molecular weight is 359 g/mol. The van der Waals surface area contributed by atoms with Crippen LogP contribution in [0.3, 0.4) is 0 Å². The van der Waals surface area contributed by atoms with Gasteiger partial charge in [0.1, 0.15) is 0 Å². The van der Waals surface area contributed by atoms with Crippen LogP contribution in [0.15, 0.2) is 0 Å². The van der Waals surface area contributed by atoms with E-state index >= 15 is 0 Å². The molecule has 0 aliphatic heterocycles. The number of hydrogen-bond donors (Lipinski definition) is 0. The molecule has 0 atom stereocenters. The monoisotopic (exact) mass is 356 g/mol. The first-order valence-corrected chi connectivity index (χ1v) is 8.59. The quantitative estimate of drug-likeness (QED) is 0.538. The van der Waals surface area contributed by atoms with Gasteiger partial charge in [0, 0.05) is 0 Å². The van der Waals surface area contributed by atoms with Gasteiger partial charge in [0.15, 0.2) is 0 Å². The van der Waals surface area contributed by atoms with Crippen molar-refractivity contribution in [2.45, 2.75) is 19.5 Å². The molecule has 0 aromatic heterocycles. The summed E-state index contributed by atoms with van der Waals surface area (Å²) in [6.07, 6.45) is -9.55. The minimum absolute atomic E-state index is 1.16. The van der Waals surface area contributed by atoms with Crippen LogP contribution in [-0.4, -0.2) is 19.8 Å². The van der Waals surface area contributed by atoms with E-state index in [9.17, 15) is 26.3 Å². The predicted molar refractivity (Wildman–Crippen MR) is 28.1 cm³/mol. The molecule has 0 saturated heterocycles. The molecule has 0 amide bonds. The van der Waals surface area contributed by atoms with Gasteiger partial charge in [0.2, 0.25) is 0 Å². The summed E-state index contributed by atoms with van der Waals surface area (Å²) in [5, 5.41) is 0. The first kappa shape index (κ1) is 16.7. The Morgan fingerprint density at radius 3 is 1.38 bits per heavy atom. The summed E-state index contributed by atoms with van der Waals surface area (Å²) in [5.74, 6) is 0. The van der Waals surface area contributed by atoms with Crippen LogP contribution < -0.4 is 0 Å². The van der Waals surface area contributed by atoms with E-state index in [-0.39, 0.29) is 0 Å². The normalized spacial score (nSPS) is 11.9. The van der Waals surface area contributed by atoms with Gasteiger partial charge in [-0.2, -0.15) is 0 Å². The Balaban J connectivity index is 3.49. The van der Waals surface area contributed by atoms with Crippen LogP contribution in [0.25, 0.3) is 0 Å². The number of halogens is 6. The summed E-state index contributed by atoms with van der Waals surface area (Å²) in [6.45, 7) is 1.18. The van der Waals surface area contributed by atoms with Gasteiger partial charge in [-0.05, 0) is 0 Å². The van der Waals surface area contributed by atoms with Crippen LogP contribution >= 0.6 is 0 Å². The van der Waals surface area contributed by atoms with Crippen molar-refractivity contribution < 1.29 is 76.1 Å². The van der Waals surface area contributed by atoms with E-state index < -0.39 is 55.5 Å². The van der Waals surface area contributed by atoms with Crippen molar-refractivity contribution >= 4 is 7.12 Å². The molecule has 0 aromatic rings. The molecule has 0 aromatic carbocycles. The summed E-state index contributed by atoms with van der Waals surface area (Å²) >= 11 is -5.56. The average Bonchev–Trinajstić information content (AvgIpc) is 1.98. The van der Waals surface area contributed by atoms with Gasteiger partial charge in [0.25, 0.3) is 0 Å². The molecule has 0 unspecified atom stereocenters. The number of hydrogen-bond acceptors (Lipinski definition) is 4. The van der Waals surface area contributed by atoms with Gasteiger partial charge in [0.05, 0.1) is 0 Å². The third-order valence-electron chi connectivity index (χ3n) is 1.05.